The van der Waals surface area contributed by atoms with Crippen LogP contribution in [-0.2, 0) is 19.7 Å². The molecule has 1 spiro atoms. The van der Waals surface area contributed by atoms with Gasteiger partial charge in [0.15, 0.2) is 5.78 Å². The summed E-state index contributed by atoms with van der Waals surface area (Å²) < 4.78 is 5.82. The molecular formula is C25H21N3O4. The van der Waals surface area contributed by atoms with Gasteiger partial charge in [0, 0.05) is 18.4 Å². The molecule has 0 saturated heterocycles. The van der Waals surface area contributed by atoms with Gasteiger partial charge in [-0.25, -0.2) is 0 Å². The van der Waals surface area contributed by atoms with Gasteiger partial charge >= 0.3 is 0 Å². The van der Waals surface area contributed by atoms with Crippen LogP contribution in [0.1, 0.15) is 35.4 Å². The largest absolute Gasteiger partial charge is 0.444 e. The number of amides is 1. The van der Waals surface area contributed by atoms with E-state index in [4.69, 9.17) is 10.5 Å². The van der Waals surface area contributed by atoms with Crippen molar-refractivity contribution in [3.8, 4) is 6.07 Å². The Morgan fingerprint density at radius 2 is 1.91 bits per heavy atom. The number of benzene rings is 2. The Hall–Kier alpha value is -3.89. The third-order valence-corrected chi connectivity index (χ3v) is 6.62. The SMILES string of the molecule is Cc1ccc([C@H]2CC(=O)C3=C(C2)OC(N)=C(C#N)[C@@]32C(=O)N(CO)c3ccccc32)cc1. The number of carbonyl (C=O) groups excluding carboxylic acids is 2. The zero-order chi connectivity index (χ0) is 22.6. The fourth-order valence-electron chi connectivity index (χ4n) is 5.17. The first-order valence-corrected chi connectivity index (χ1v) is 10.4. The Morgan fingerprint density at radius 1 is 1.19 bits per heavy atom. The zero-order valence-corrected chi connectivity index (χ0v) is 17.5. The average molecular weight is 427 g/mol. The molecule has 3 N–H and O–H groups in total. The normalized spacial score (nSPS) is 24.4. The molecule has 2 aromatic carbocycles. The van der Waals surface area contributed by atoms with Crippen LogP contribution in [0, 0.1) is 18.3 Å². The number of nitriles is 1. The van der Waals surface area contributed by atoms with Crippen LogP contribution >= 0.6 is 0 Å². The number of hydrogen-bond acceptors (Lipinski definition) is 6. The summed E-state index contributed by atoms with van der Waals surface area (Å²) in [6, 6.07) is 16.8. The Bertz CT molecular complexity index is 1270. The van der Waals surface area contributed by atoms with Gasteiger partial charge < -0.3 is 15.6 Å². The van der Waals surface area contributed by atoms with E-state index >= 15 is 0 Å². The standard InChI is InChI=1S/C25H21N3O4/c1-14-6-8-15(9-7-14)16-10-20(30)22-21(11-16)32-23(27)18(12-26)25(22)17-4-2-3-5-19(17)28(13-29)24(25)31/h2-9,16,29H,10-11,13,27H2,1H3/t16-,25+/m0/s1. The number of hydrogen-bond donors (Lipinski definition) is 2. The van der Waals surface area contributed by atoms with Crippen molar-refractivity contribution >= 4 is 17.4 Å². The summed E-state index contributed by atoms with van der Waals surface area (Å²) in [5.41, 5.74) is 7.51. The number of ether oxygens (including phenoxy) is 1. The predicted octanol–water partition coefficient (Wildman–Crippen LogP) is 2.65. The fraction of sp³-hybridized carbons (Fsp3) is 0.240. The van der Waals surface area contributed by atoms with Crippen LogP contribution < -0.4 is 10.6 Å². The molecule has 32 heavy (non-hydrogen) atoms. The number of Topliss-reactive ketones (excluding diaryl/α,β-unsaturated/α-hetero) is 1. The number of fused-ring (bicyclic) bond motifs is 3. The van der Waals surface area contributed by atoms with Crippen LogP contribution in [0.5, 0.6) is 0 Å². The number of rotatable bonds is 2. The van der Waals surface area contributed by atoms with E-state index in [1.54, 1.807) is 24.3 Å². The fourth-order valence-corrected chi connectivity index (χ4v) is 5.17. The lowest BCUT2D eigenvalue weighted by Gasteiger charge is -2.39. The third-order valence-electron chi connectivity index (χ3n) is 6.62. The highest BCUT2D eigenvalue weighted by Crippen LogP contribution is 2.56. The number of nitrogens with zero attached hydrogens (tertiary/aromatic N) is 2. The minimum atomic E-state index is -1.71. The van der Waals surface area contributed by atoms with Crippen molar-refractivity contribution in [3.63, 3.8) is 0 Å². The highest BCUT2D eigenvalue weighted by molar-refractivity contribution is 6.20. The van der Waals surface area contributed by atoms with E-state index in [0.29, 0.717) is 23.4 Å². The number of aliphatic hydroxyl groups excluding tert-OH is 1. The number of carbonyl (C=O) groups is 2. The van der Waals surface area contributed by atoms with Gasteiger partial charge in [-0.3, -0.25) is 14.5 Å². The summed E-state index contributed by atoms with van der Waals surface area (Å²) >= 11 is 0. The molecule has 160 valence electrons. The second-order valence-corrected chi connectivity index (χ2v) is 8.33. The van der Waals surface area contributed by atoms with E-state index in [2.05, 4.69) is 0 Å². The smallest absolute Gasteiger partial charge is 0.249 e. The second-order valence-electron chi connectivity index (χ2n) is 8.33. The molecule has 0 fully saturated rings. The lowest BCUT2D eigenvalue weighted by molar-refractivity contribution is -0.125. The van der Waals surface area contributed by atoms with Crippen molar-refractivity contribution < 1.29 is 19.4 Å². The minimum Gasteiger partial charge on any atom is -0.444 e. The molecular weight excluding hydrogens is 406 g/mol. The van der Waals surface area contributed by atoms with Crippen LogP contribution in [-0.4, -0.2) is 23.5 Å². The molecule has 5 rings (SSSR count). The number of allylic oxidation sites excluding steroid dienone is 1. The lowest BCUT2D eigenvalue weighted by Crippen LogP contribution is -2.49. The highest BCUT2D eigenvalue weighted by Gasteiger charge is 2.62. The summed E-state index contributed by atoms with van der Waals surface area (Å²) in [6.45, 7) is 1.41. The summed E-state index contributed by atoms with van der Waals surface area (Å²) in [5.74, 6) is -0.840. The molecule has 7 heteroatoms. The van der Waals surface area contributed by atoms with Gasteiger partial charge in [-0.1, -0.05) is 48.0 Å². The molecule has 7 nitrogen and oxygen atoms in total. The van der Waals surface area contributed by atoms with Crippen LogP contribution in [0.15, 0.2) is 71.3 Å². The van der Waals surface area contributed by atoms with E-state index in [0.717, 1.165) is 11.1 Å². The molecule has 3 aliphatic rings. The molecule has 1 amide bonds. The van der Waals surface area contributed by atoms with Crippen molar-refractivity contribution in [1.29, 1.82) is 5.26 Å². The van der Waals surface area contributed by atoms with Gasteiger partial charge in [-0.2, -0.15) is 5.26 Å². The van der Waals surface area contributed by atoms with E-state index in [1.807, 2.05) is 37.3 Å². The Labute approximate surface area is 185 Å². The number of para-hydroxylation sites is 1. The van der Waals surface area contributed by atoms with Crippen molar-refractivity contribution in [3.05, 3.63) is 88.0 Å². The molecule has 0 bridgehead atoms. The van der Waals surface area contributed by atoms with Gasteiger partial charge in [-0.15, -0.1) is 0 Å². The minimum absolute atomic E-state index is 0.119. The van der Waals surface area contributed by atoms with E-state index in [-0.39, 0.29) is 35.2 Å². The first-order valence-electron chi connectivity index (χ1n) is 10.4. The van der Waals surface area contributed by atoms with E-state index in [1.165, 1.54) is 4.90 Å². The third kappa shape index (κ3) is 2.50. The Balaban J connectivity index is 1.73. The quantitative estimate of drug-likeness (QED) is 0.761. The second kappa shape index (κ2) is 7.08. The van der Waals surface area contributed by atoms with Crippen molar-refractivity contribution in [2.75, 3.05) is 11.6 Å². The van der Waals surface area contributed by atoms with E-state index < -0.39 is 18.1 Å². The van der Waals surface area contributed by atoms with Crippen molar-refractivity contribution in [2.24, 2.45) is 5.73 Å². The van der Waals surface area contributed by atoms with Gasteiger partial charge in [0.05, 0.1) is 11.3 Å². The maximum absolute atomic E-state index is 13.8. The molecule has 0 radical (unpaired) electrons. The molecule has 2 aromatic rings. The number of aryl methyl sites for hydroxylation is 1. The number of aliphatic hydroxyl groups is 1. The average Bonchev–Trinajstić information content (AvgIpc) is 3.02. The van der Waals surface area contributed by atoms with Crippen LogP contribution in [0.4, 0.5) is 5.69 Å². The summed E-state index contributed by atoms with van der Waals surface area (Å²) in [5, 5.41) is 19.9. The zero-order valence-electron chi connectivity index (χ0n) is 17.5. The van der Waals surface area contributed by atoms with Gasteiger partial charge in [-0.05, 0) is 24.5 Å². The Morgan fingerprint density at radius 3 is 2.59 bits per heavy atom. The number of ketones is 1. The van der Waals surface area contributed by atoms with Crippen molar-refractivity contribution in [1.82, 2.24) is 0 Å². The molecule has 0 unspecified atom stereocenters. The maximum Gasteiger partial charge on any atom is 0.249 e. The summed E-state index contributed by atoms with van der Waals surface area (Å²) in [4.78, 5) is 28.5. The monoisotopic (exact) mass is 427 g/mol. The van der Waals surface area contributed by atoms with Crippen LogP contribution in [0.25, 0.3) is 0 Å². The molecule has 2 atom stereocenters. The van der Waals surface area contributed by atoms with E-state index in [9.17, 15) is 20.0 Å². The first kappa shape index (κ1) is 20.0. The van der Waals surface area contributed by atoms with Crippen LogP contribution in [0.2, 0.25) is 0 Å². The topological polar surface area (TPSA) is 117 Å². The van der Waals surface area contributed by atoms with Gasteiger partial charge in [0.25, 0.3) is 0 Å². The summed E-state index contributed by atoms with van der Waals surface area (Å²) in [7, 11) is 0. The van der Waals surface area contributed by atoms with Crippen LogP contribution in [0.3, 0.4) is 0 Å². The molecule has 2 aliphatic heterocycles. The number of nitrogens with two attached hydrogens (primary N) is 1. The van der Waals surface area contributed by atoms with Gasteiger partial charge in [0.2, 0.25) is 11.8 Å². The molecule has 2 heterocycles. The van der Waals surface area contributed by atoms with Gasteiger partial charge in [0.1, 0.15) is 29.5 Å². The molecule has 0 aromatic heterocycles. The first-order chi connectivity index (χ1) is 15.4. The highest BCUT2D eigenvalue weighted by atomic mass is 16.5. The Kier molecular flexibility index (Phi) is 4.43. The summed E-state index contributed by atoms with van der Waals surface area (Å²) in [6.07, 6.45) is 0.556. The number of anilines is 1. The lowest BCUT2D eigenvalue weighted by atomic mass is 9.63. The predicted molar refractivity (Wildman–Crippen MR) is 116 cm³/mol. The maximum atomic E-state index is 13.8. The van der Waals surface area contributed by atoms with Crippen molar-refractivity contribution in [2.45, 2.75) is 31.1 Å². The molecule has 1 aliphatic carbocycles. The molecule has 0 saturated carbocycles.